The van der Waals surface area contributed by atoms with Crippen LogP contribution in [0, 0.1) is 0 Å². The number of hydrogen-bond donors (Lipinski definition) is 0. The minimum Gasteiger partial charge on any atom is -0.300 e. The first-order valence-corrected chi connectivity index (χ1v) is 8.12. The second-order valence-electron chi connectivity index (χ2n) is 5.70. The Balaban J connectivity index is 1.84. The van der Waals surface area contributed by atoms with Crippen molar-refractivity contribution in [3.63, 3.8) is 0 Å². The molecule has 0 aromatic heterocycles. The van der Waals surface area contributed by atoms with Crippen molar-refractivity contribution in [2.75, 3.05) is 13.1 Å². The van der Waals surface area contributed by atoms with Crippen LogP contribution in [0.5, 0.6) is 0 Å². The van der Waals surface area contributed by atoms with Crippen molar-refractivity contribution in [1.82, 2.24) is 4.90 Å². The van der Waals surface area contributed by atoms with Gasteiger partial charge in [0.25, 0.3) is 0 Å². The third-order valence-electron chi connectivity index (χ3n) is 4.68. The first-order valence-electron chi connectivity index (χ1n) is 7.32. The van der Waals surface area contributed by atoms with E-state index in [1.54, 1.807) is 11.1 Å². The van der Waals surface area contributed by atoms with Crippen LogP contribution >= 0.6 is 15.9 Å². The number of aryl methyl sites for hydroxylation is 1. The molecular weight excluding hydrogens is 286 g/mol. The Morgan fingerprint density at radius 2 is 2.22 bits per heavy atom. The van der Waals surface area contributed by atoms with Gasteiger partial charge in [-0.15, -0.1) is 0 Å². The van der Waals surface area contributed by atoms with Crippen LogP contribution in [0.1, 0.15) is 49.7 Å². The molecule has 0 amide bonds. The van der Waals surface area contributed by atoms with Crippen LogP contribution < -0.4 is 0 Å². The highest BCUT2D eigenvalue weighted by Crippen LogP contribution is 2.44. The van der Waals surface area contributed by atoms with Crippen LogP contribution in [0.25, 0.3) is 0 Å². The molecule has 1 saturated heterocycles. The van der Waals surface area contributed by atoms with Gasteiger partial charge in [0.2, 0.25) is 0 Å². The molecule has 1 aliphatic carbocycles. The summed E-state index contributed by atoms with van der Waals surface area (Å²) in [7, 11) is 0. The zero-order valence-corrected chi connectivity index (χ0v) is 12.7. The minimum atomic E-state index is 0.779. The van der Waals surface area contributed by atoms with Crippen molar-refractivity contribution in [2.45, 2.75) is 51.0 Å². The maximum Gasteiger partial charge on any atom is 0.0213 e. The topological polar surface area (TPSA) is 3.24 Å². The third kappa shape index (κ3) is 2.14. The van der Waals surface area contributed by atoms with Gasteiger partial charge in [0, 0.05) is 16.4 Å². The van der Waals surface area contributed by atoms with Crippen LogP contribution in [0.2, 0.25) is 0 Å². The molecule has 1 nitrogen and oxygen atoms in total. The normalized spacial score (nSPS) is 27.0. The molecule has 1 heterocycles. The van der Waals surface area contributed by atoms with Gasteiger partial charge in [-0.1, -0.05) is 41.4 Å². The van der Waals surface area contributed by atoms with E-state index in [0.717, 1.165) is 12.0 Å². The Bertz CT molecular complexity index is 429. The largest absolute Gasteiger partial charge is 0.300 e. The number of likely N-dealkylation sites (tertiary alicyclic amines) is 1. The SMILES string of the molecule is CCCCN1CC[C@H]2c3c(Br)cccc3CC[C@H]21. The van der Waals surface area contributed by atoms with Gasteiger partial charge in [-0.05, 0) is 56.0 Å². The average Bonchev–Trinajstić information content (AvgIpc) is 2.79. The van der Waals surface area contributed by atoms with E-state index in [9.17, 15) is 0 Å². The van der Waals surface area contributed by atoms with Gasteiger partial charge < -0.3 is 0 Å². The summed E-state index contributed by atoms with van der Waals surface area (Å²) < 4.78 is 1.34. The van der Waals surface area contributed by atoms with Gasteiger partial charge in [0.15, 0.2) is 0 Å². The molecule has 0 N–H and O–H groups in total. The summed E-state index contributed by atoms with van der Waals surface area (Å²) in [5.41, 5.74) is 3.20. The quantitative estimate of drug-likeness (QED) is 0.802. The van der Waals surface area contributed by atoms with E-state index in [2.05, 4.69) is 46.0 Å². The van der Waals surface area contributed by atoms with Crippen molar-refractivity contribution in [1.29, 1.82) is 0 Å². The molecule has 1 fully saturated rings. The van der Waals surface area contributed by atoms with Gasteiger partial charge >= 0.3 is 0 Å². The summed E-state index contributed by atoms with van der Waals surface area (Å²) in [5, 5.41) is 0. The van der Waals surface area contributed by atoms with Crippen molar-refractivity contribution in [2.24, 2.45) is 0 Å². The Hall–Kier alpha value is -0.340. The summed E-state index contributed by atoms with van der Waals surface area (Å²) in [6, 6.07) is 7.54. The molecule has 1 aliphatic heterocycles. The summed E-state index contributed by atoms with van der Waals surface area (Å²) >= 11 is 3.77. The van der Waals surface area contributed by atoms with E-state index in [4.69, 9.17) is 0 Å². The van der Waals surface area contributed by atoms with Crippen LogP contribution in [0.3, 0.4) is 0 Å². The van der Waals surface area contributed by atoms with Crippen molar-refractivity contribution >= 4 is 15.9 Å². The lowest BCUT2D eigenvalue weighted by Crippen LogP contribution is -2.35. The molecule has 0 unspecified atom stereocenters. The van der Waals surface area contributed by atoms with Crippen LogP contribution in [0.4, 0.5) is 0 Å². The highest BCUT2D eigenvalue weighted by molar-refractivity contribution is 9.10. The predicted molar refractivity (Wildman–Crippen MR) is 80.1 cm³/mol. The molecule has 2 heteroatoms. The number of nitrogens with zero attached hydrogens (tertiary/aromatic N) is 1. The van der Waals surface area contributed by atoms with Crippen molar-refractivity contribution < 1.29 is 0 Å². The number of halogens is 1. The van der Waals surface area contributed by atoms with E-state index < -0.39 is 0 Å². The maximum atomic E-state index is 3.77. The summed E-state index contributed by atoms with van der Waals surface area (Å²) in [6.45, 7) is 4.90. The maximum absolute atomic E-state index is 3.77. The molecule has 1 aromatic rings. The number of unbranched alkanes of at least 4 members (excludes halogenated alkanes) is 1. The Labute approximate surface area is 119 Å². The molecule has 0 radical (unpaired) electrons. The summed E-state index contributed by atoms with van der Waals surface area (Å²) in [4.78, 5) is 2.75. The molecule has 3 rings (SSSR count). The van der Waals surface area contributed by atoms with E-state index in [1.165, 1.54) is 49.7 Å². The smallest absolute Gasteiger partial charge is 0.0213 e. The lowest BCUT2D eigenvalue weighted by molar-refractivity contribution is 0.224. The van der Waals surface area contributed by atoms with Gasteiger partial charge in [0.1, 0.15) is 0 Å². The monoisotopic (exact) mass is 307 g/mol. The van der Waals surface area contributed by atoms with Gasteiger partial charge in [-0.25, -0.2) is 0 Å². The Morgan fingerprint density at radius 3 is 3.06 bits per heavy atom. The molecule has 2 atom stereocenters. The third-order valence-corrected chi connectivity index (χ3v) is 5.37. The predicted octanol–water partition coefficient (Wildman–Crippen LogP) is 4.35. The van der Waals surface area contributed by atoms with Gasteiger partial charge in [-0.2, -0.15) is 0 Å². The lowest BCUT2D eigenvalue weighted by atomic mass is 9.79. The molecule has 18 heavy (non-hydrogen) atoms. The minimum absolute atomic E-state index is 0.779. The number of rotatable bonds is 3. The fraction of sp³-hybridized carbons (Fsp3) is 0.625. The molecule has 0 bridgehead atoms. The van der Waals surface area contributed by atoms with Crippen LogP contribution in [-0.2, 0) is 6.42 Å². The number of fused-ring (bicyclic) bond motifs is 3. The molecule has 1 aromatic carbocycles. The Kier molecular flexibility index (Phi) is 3.76. The van der Waals surface area contributed by atoms with Gasteiger partial charge in [-0.3, -0.25) is 4.90 Å². The molecule has 0 saturated carbocycles. The zero-order valence-electron chi connectivity index (χ0n) is 11.2. The van der Waals surface area contributed by atoms with Crippen molar-refractivity contribution in [3.05, 3.63) is 33.8 Å². The fourth-order valence-corrected chi connectivity index (χ4v) is 4.50. The second-order valence-corrected chi connectivity index (χ2v) is 6.56. The fourth-order valence-electron chi connectivity index (χ4n) is 3.80. The molecular formula is C16H22BrN. The molecule has 0 spiro atoms. The molecule has 2 aliphatic rings. The Morgan fingerprint density at radius 1 is 1.33 bits per heavy atom. The van der Waals surface area contributed by atoms with Crippen molar-refractivity contribution in [3.8, 4) is 0 Å². The standard InChI is InChI=1S/C16H22BrN/c1-2-3-10-18-11-9-13-15(18)8-7-12-5-4-6-14(17)16(12)13/h4-6,13,15H,2-3,7-11H2,1H3/t13-,15-/m1/s1. The summed E-state index contributed by atoms with van der Waals surface area (Å²) in [5.74, 6) is 0.779. The van der Waals surface area contributed by atoms with Crippen LogP contribution in [0.15, 0.2) is 22.7 Å². The van der Waals surface area contributed by atoms with Crippen LogP contribution in [-0.4, -0.2) is 24.0 Å². The number of benzene rings is 1. The lowest BCUT2D eigenvalue weighted by Gasteiger charge is -2.34. The zero-order chi connectivity index (χ0) is 12.5. The van der Waals surface area contributed by atoms with E-state index >= 15 is 0 Å². The molecule has 98 valence electrons. The second kappa shape index (κ2) is 5.34. The summed E-state index contributed by atoms with van der Waals surface area (Å²) in [6.07, 6.45) is 6.64. The highest BCUT2D eigenvalue weighted by atomic mass is 79.9. The van der Waals surface area contributed by atoms with Gasteiger partial charge in [0.05, 0.1) is 0 Å². The van der Waals surface area contributed by atoms with E-state index in [0.29, 0.717) is 0 Å². The average molecular weight is 308 g/mol. The first kappa shape index (κ1) is 12.7. The van der Waals surface area contributed by atoms with E-state index in [-0.39, 0.29) is 0 Å². The highest BCUT2D eigenvalue weighted by Gasteiger charge is 2.38. The first-order chi connectivity index (χ1) is 8.81. The number of hydrogen-bond acceptors (Lipinski definition) is 1. The van der Waals surface area contributed by atoms with E-state index in [1.807, 2.05) is 0 Å².